The third-order valence-corrected chi connectivity index (χ3v) is 2.91. The van der Waals surface area contributed by atoms with Crippen LogP contribution in [0.15, 0.2) is 22.8 Å². The number of aromatic nitrogens is 1. The van der Waals surface area contributed by atoms with Crippen molar-refractivity contribution in [1.82, 2.24) is 10.3 Å². The Balaban J connectivity index is 2.81. The molecule has 1 unspecified atom stereocenters. The molecule has 1 aromatic rings. The van der Waals surface area contributed by atoms with Crippen molar-refractivity contribution in [3.8, 4) is 11.8 Å². The molecular weight excluding hydrogens is 264 g/mol. The summed E-state index contributed by atoms with van der Waals surface area (Å²) in [6, 6.07) is 4.15. The van der Waals surface area contributed by atoms with Gasteiger partial charge in [0.25, 0.3) is 0 Å². The Morgan fingerprint density at radius 3 is 3.00 bits per heavy atom. The fourth-order valence-electron chi connectivity index (χ4n) is 1.44. The SMILES string of the molecule is CC#CCC(NCCC)c1ncccc1Br. The molecule has 1 rings (SSSR count). The summed E-state index contributed by atoms with van der Waals surface area (Å²) in [5.74, 6) is 6.04. The number of hydrogen-bond donors (Lipinski definition) is 1. The normalized spacial score (nSPS) is 11.7. The van der Waals surface area contributed by atoms with E-state index in [4.69, 9.17) is 0 Å². The second-order valence-electron chi connectivity index (χ2n) is 3.51. The molecule has 3 heteroatoms. The van der Waals surface area contributed by atoms with Crippen molar-refractivity contribution >= 4 is 15.9 Å². The predicted octanol–water partition coefficient (Wildman–Crippen LogP) is 3.30. The van der Waals surface area contributed by atoms with Gasteiger partial charge in [0.1, 0.15) is 0 Å². The summed E-state index contributed by atoms with van der Waals surface area (Å²) in [6.45, 7) is 5.01. The van der Waals surface area contributed by atoms with Crippen molar-refractivity contribution in [3.63, 3.8) is 0 Å². The van der Waals surface area contributed by atoms with E-state index < -0.39 is 0 Å². The van der Waals surface area contributed by atoms with Crippen LogP contribution in [0.5, 0.6) is 0 Å². The zero-order valence-corrected chi connectivity index (χ0v) is 11.3. The van der Waals surface area contributed by atoms with Crippen LogP contribution in [-0.2, 0) is 0 Å². The lowest BCUT2D eigenvalue weighted by Gasteiger charge is -2.16. The van der Waals surface area contributed by atoms with E-state index in [1.54, 1.807) is 0 Å². The molecule has 0 aliphatic heterocycles. The third-order valence-electron chi connectivity index (χ3n) is 2.24. The van der Waals surface area contributed by atoms with Crippen molar-refractivity contribution in [3.05, 3.63) is 28.5 Å². The number of nitrogens with zero attached hydrogens (tertiary/aromatic N) is 1. The standard InChI is InChI=1S/C13H17BrN2/c1-3-5-8-12(15-9-4-2)13-11(14)7-6-10-16-13/h6-7,10,12,15H,4,8-9H2,1-2H3. The van der Waals surface area contributed by atoms with E-state index in [1.807, 2.05) is 25.3 Å². The molecule has 1 heterocycles. The molecule has 2 nitrogen and oxygen atoms in total. The summed E-state index contributed by atoms with van der Waals surface area (Å²) in [7, 11) is 0. The fraction of sp³-hybridized carbons (Fsp3) is 0.462. The van der Waals surface area contributed by atoms with E-state index in [2.05, 4.69) is 45.0 Å². The molecule has 0 saturated heterocycles. The van der Waals surface area contributed by atoms with Crippen LogP contribution in [0.2, 0.25) is 0 Å². The van der Waals surface area contributed by atoms with Gasteiger partial charge in [-0.15, -0.1) is 11.8 Å². The number of nitrogens with one attached hydrogen (secondary N) is 1. The summed E-state index contributed by atoms with van der Waals surface area (Å²) in [4.78, 5) is 4.41. The van der Waals surface area contributed by atoms with Crippen molar-refractivity contribution in [1.29, 1.82) is 0 Å². The summed E-state index contributed by atoms with van der Waals surface area (Å²) < 4.78 is 1.04. The van der Waals surface area contributed by atoms with Crippen LogP contribution in [0.4, 0.5) is 0 Å². The minimum Gasteiger partial charge on any atom is -0.308 e. The largest absolute Gasteiger partial charge is 0.308 e. The first-order valence-electron chi connectivity index (χ1n) is 5.53. The third kappa shape index (κ3) is 3.96. The number of pyridine rings is 1. The summed E-state index contributed by atoms with van der Waals surface area (Å²) in [6.07, 6.45) is 3.73. The van der Waals surface area contributed by atoms with Crippen molar-refractivity contribution in [2.24, 2.45) is 0 Å². The lowest BCUT2D eigenvalue weighted by atomic mass is 10.1. The molecule has 0 saturated carbocycles. The van der Waals surface area contributed by atoms with Gasteiger partial charge in [0.15, 0.2) is 0 Å². The Morgan fingerprint density at radius 1 is 1.56 bits per heavy atom. The summed E-state index contributed by atoms with van der Waals surface area (Å²) in [5, 5.41) is 3.47. The lowest BCUT2D eigenvalue weighted by Crippen LogP contribution is -2.23. The summed E-state index contributed by atoms with van der Waals surface area (Å²) in [5.41, 5.74) is 1.04. The Kier molecular flexibility index (Phi) is 6.14. The molecule has 0 bridgehead atoms. The van der Waals surface area contributed by atoms with Gasteiger partial charge < -0.3 is 5.32 Å². The Hall–Kier alpha value is -0.850. The van der Waals surface area contributed by atoms with Crippen LogP contribution in [0.3, 0.4) is 0 Å². The van der Waals surface area contributed by atoms with Gasteiger partial charge in [-0.05, 0) is 48.0 Å². The van der Waals surface area contributed by atoms with Crippen LogP contribution in [0.1, 0.15) is 38.4 Å². The van der Waals surface area contributed by atoms with Gasteiger partial charge in [-0.25, -0.2) is 0 Å². The van der Waals surface area contributed by atoms with Gasteiger partial charge in [0, 0.05) is 17.1 Å². The molecule has 0 amide bonds. The van der Waals surface area contributed by atoms with Crippen LogP contribution >= 0.6 is 15.9 Å². The van der Waals surface area contributed by atoms with Crippen LogP contribution in [-0.4, -0.2) is 11.5 Å². The molecule has 1 N–H and O–H groups in total. The highest BCUT2D eigenvalue weighted by Gasteiger charge is 2.13. The maximum Gasteiger partial charge on any atom is 0.0724 e. The first-order valence-corrected chi connectivity index (χ1v) is 6.32. The Labute approximate surface area is 106 Å². The first-order chi connectivity index (χ1) is 7.79. The number of rotatable bonds is 5. The zero-order chi connectivity index (χ0) is 11.8. The Morgan fingerprint density at radius 2 is 2.38 bits per heavy atom. The molecule has 1 atom stereocenters. The van der Waals surface area contributed by atoms with Crippen molar-refractivity contribution < 1.29 is 0 Å². The van der Waals surface area contributed by atoms with Gasteiger partial charge in [-0.1, -0.05) is 6.92 Å². The van der Waals surface area contributed by atoms with Gasteiger partial charge in [-0.2, -0.15) is 0 Å². The van der Waals surface area contributed by atoms with Gasteiger partial charge >= 0.3 is 0 Å². The van der Waals surface area contributed by atoms with E-state index in [1.165, 1.54) is 0 Å². The molecule has 1 aromatic heterocycles. The maximum absolute atomic E-state index is 4.41. The first kappa shape index (κ1) is 13.2. The quantitative estimate of drug-likeness (QED) is 0.838. The van der Waals surface area contributed by atoms with E-state index in [-0.39, 0.29) is 6.04 Å². The highest BCUT2D eigenvalue weighted by molar-refractivity contribution is 9.10. The maximum atomic E-state index is 4.41. The minimum atomic E-state index is 0.211. The van der Waals surface area contributed by atoms with Crippen LogP contribution in [0, 0.1) is 11.8 Å². The van der Waals surface area contributed by atoms with Gasteiger partial charge in [0.2, 0.25) is 0 Å². The molecule has 0 aliphatic carbocycles. The second-order valence-corrected chi connectivity index (χ2v) is 4.36. The highest BCUT2D eigenvalue weighted by Crippen LogP contribution is 2.22. The fourth-order valence-corrected chi connectivity index (χ4v) is 1.97. The average Bonchev–Trinajstić information content (AvgIpc) is 2.31. The molecule has 86 valence electrons. The average molecular weight is 281 g/mol. The monoisotopic (exact) mass is 280 g/mol. The van der Waals surface area contributed by atoms with E-state index in [0.29, 0.717) is 0 Å². The minimum absolute atomic E-state index is 0.211. The van der Waals surface area contributed by atoms with Crippen LogP contribution in [0.25, 0.3) is 0 Å². The second kappa shape index (κ2) is 7.43. The summed E-state index contributed by atoms with van der Waals surface area (Å²) >= 11 is 3.53. The Bertz CT molecular complexity index is 379. The molecular formula is C13H17BrN2. The molecule has 0 spiro atoms. The predicted molar refractivity (Wildman–Crippen MR) is 71.0 cm³/mol. The number of halogens is 1. The van der Waals surface area contributed by atoms with E-state index >= 15 is 0 Å². The number of hydrogen-bond acceptors (Lipinski definition) is 2. The molecule has 16 heavy (non-hydrogen) atoms. The molecule has 0 fully saturated rings. The van der Waals surface area contributed by atoms with Gasteiger partial charge in [0.05, 0.1) is 11.7 Å². The molecule has 0 aromatic carbocycles. The van der Waals surface area contributed by atoms with E-state index in [9.17, 15) is 0 Å². The smallest absolute Gasteiger partial charge is 0.0724 e. The van der Waals surface area contributed by atoms with Gasteiger partial charge in [-0.3, -0.25) is 4.98 Å². The lowest BCUT2D eigenvalue weighted by molar-refractivity contribution is 0.528. The zero-order valence-electron chi connectivity index (χ0n) is 9.76. The molecule has 0 aliphatic rings. The van der Waals surface area contributed by atoms with Crippen molar-refractivity contribution in [2.75, 3.05) is 6.54 Å². The topological polar surface area (TPSA) is 24.9 Å². The molecule has 0 radical (unpaired) electrons. The van der Waals surface area contributed by atoms with Crippen LogP contribution < -0.4 is 5.32 Å². The highest BCUT2D eigenvalue weighted by atomic mass is 79.9. The van der Waals surface area contributed by atoms with E-state index in [0.717, 1.165) is 29.6 Å². The van der Waals surface area contributed by atoms with Crippen molar-refractivity contribution in [2.45, 2.75) is 32.7 Å².